The van der Waals surface area contributed by atoms with Crippen LogP contribution in [0, 0.1) is 0 Å². The molecule has 0 fully saturated rings. The highest BCUT2D eigenvalue weighted by Gasteiger charge is 2.23. The van der Waals surface area contributed by atoms with Gasteiger partial charge in [0.1, 0.15) is 0 Å². The third-order valence-electron chi connectivity index (χ3n) is 3.70. The number of anilines is 1. The van der Waals surface area contributed by atoms with Crippen molar-refractivity contribution in [3.8, 4) is 0 Å². The lowest BCUT2D eigenvalue weighted by Gasteiger charge is -2.16. The number of carbonyl (C=O) groups is 2. The minimum absolute atomic E-state index is 0.0404. The monoisotopic (exact) mass is 420 g/mol. The van der Waals surface area contributed by atoms with Crippen molar-refractivity contribution < 1.29 is 19.2 Å². The predicted molar refractivity (Wildman–Crippen MR) is 103 cm³/mol. The van der Waals surface area contributed by atoms with E-state index in [1.165, 1.54) is 0 Å². The summed E-state index contributed by atoms with van der Waals surface area (Å²) in [6.07, 6.45) is 0.295. The maximum Gasteiger partial charge on any atom is 0.394 e. The highest BCUT2D eigenvalue weighted by atomic mass is 35.5. The Morgan fingerprint density at radius 1 is 1.04 bits per heavy atom. The van der Waals surface area contributed by atoms with Gasteiger partial charge in [-0.15, -0.1) is 0 Å². The fourth-order valence-electron chi connectivity index (χ4n) is 2.38. The lowest BCUT2D eigenvalue weighted by Crippen LogP contribution is -2.34. The van der Waals surface area contributed by atoms with Gasteiger partial charge in [0.2, 0.25) is 0 Å². The lowest BCUT2D eigenvalue weighted by molar-refractivity contribution is 0.0643. The molecule has 0 bridgehead atoms. The summed E-state index contributed by atoms with van der Waals surface area (Å²) in [6, 6.07) is 12.3. The van der Waals surface area contributed by atoms with Gasteiger partial charge in [-0.2, -0.15) is 4.98 Å². The number of aromatic nitrogens is 2. The van der Waals surface area contributed by atoms with Crippen LogP contribution in [-0.2, 0) is 6.42 Å². The molecule has 10 heteroatoms. The van der Waals surface area contributed by atoms with Crippen molar-refractivity contribution in [2.45, 2.75) is 12.5 Å². The van der Waals surface area contributed by atoms with E-state index in [0.29, 0.717) is 22.2 Å². The summed E-state index contributed by atoms with van der Waals surface area (Å²) in [5.74, 6) is -1.87. The molecule has 0 aliphatic rings. The second-order valence-electron chi connectivity index (χ2n) is 5.75. The topological polar surface area (TPSA) is 117 Å². The maximum absolute atomic E-state index is 12.4. The van der Waals surface area contributed by atoms with Crippen LogP contribution in [-0.4, -0.2) is 27.2 Å². The van der Waals surface area contributed by atoms with E-state index >= 15 is 0 Å². The first-order valence-electron chi connectivity index (χ1n) is 8.05. The van der Waals surface area contributed by atoms with Crippen LogP contribution in [0.1, 0.15) is 28.1 Å². The predicted octanol–water partition coefficient (Wildman–Crippen LogP) is 4.18. The maximum atomic E-state index is 12.4. The molecule has 0 aliphatic carbocycles. The standard InChI is InChI=1S/C18H14Cl2N4O4/c19-11-3-1-10(2-4-11)9-14(15-23-16(17(25)26)28-24-15)22-18(27)21-13-7-5-12(20)6-8-13/h1-8,14H,9H2,(H,25,26)(H2,21,22,27). The SMILES string of the molecule is O=C(Nc1ccc(Cl)cc1)NC(Cc1ccc(Cl)cc1)c1noc(C(=O)O)n1. The van der Waals surface area contributed by atoms with E-state index < -0.39 is 23.9 Å². The summed E-state index contributed by atoms with van der Waals surface area (Å²) < 4.78 is 4.71. The van der Waals surface area contributed by atoms with Crippen molar-refractivity contribution >= 4 is 40.9 Å². The number of hydrogen-bond acceptors (Lipinski definition) is 5. The number of carbonyl (C=O) groups excluding carboxylic acids is 1. The number of hydrogen-bond donors (Lipinski definition) is 3. The Hall–Kier alpha value is -3.10. The zero-order valence-electron chi connectivity index (χ0n) is 14.2. The number of aromatic carboxylic acids is 1. The summed E-state index contributed by atoms with van der Waals surface area (Å²) >= 11 is 11.7. The van der Waals surface area contributed by atoms with Gasteiger partial charge in [0.15, 0.2) is 5.82 Å². The number of carboxylic acid groups (broad SMARTS) is 1. The first-order valence-corrected chi connectivity index (χ1v) is 8.81. The van der Waals surface area contributed by atoms with E-state index in [1.807, 2.05) is 0 Å². The Labute approximate surface area is 169 Å². The molecular formula is C18H14Cl2N4O4. The molecule has 0 spiro atoms. The average molecular weight is 421 g/mol. The van der Waals surface area contributed by atoms with Crippen LogP contribution < -0.4 is 10.6 Å². The summed E-state index contributed by atoms with van der Waals surface area (Å²) in [4.78, 5) is 27.2. The average Bonchev–Trinajstić information content (AvgIpc) is 3.15. The van der Waals surface area contributed by atoms with E-state index in [2.05, 4.69) is 20.8 Å². The molecule has 28 heavy (non-hydrogen) atoms. The fraction of sp³-hybridized carbons (Fsp3) is 0.111. The molecule has 1 unspecified atom stereocenters. The van der Waals surface area contributed by atoms with Gasteiger partial charge in [-0.1, -0.05) is 40.5 Å². The zero-order valence-corrected chi connectivity index (χ0v) is 15.7. The van der Waals surface area contributed by atoms with Gasteiger partial charge in [-0.05, 0) is 42.0 Å². The zero-order chi connectivity index (χ0) is 20.1. The van der Waals surface area contributed by atoms with Gasteiger partial charge in [0.05, 0.1) is 6.04 Å². The summed E-state index contributed by atoms with van der Waals surface area (Å²) in [5.41, 5.74) is 1.37. The normalized spacial score (nSPS) is 11.6. The van der Waals surface area contributed by atoms with Gasteiger partial charge < -0.3 is 20.3 Å². The molecule has 3 rings (SSSR count). The van der Waals surface area contributed by atoms with E-state index in [1.54, 1.807) is 48.5 Å². The molecular weight excluding hydrogens is 407 g/mol. The smallest absolute Gasteiger partial charge is 0.394 e. The van der Waals surface area contributed by atoms with E-state index in [0.717, 1.165) is 5.56 Å². The Kier molecular flexibility index (Phi) is 6.13. The molecule has 1 aromatic heterocycles. The van der Waals surface area contributed by atoms with Gasteiger partial charge >= 0.3 is 17.9 Å². The summed E-state index contributed by atoms with van der Waals surface area (Å²) in [5, 5.41) is 19.1. The minimum Gasteiger partial charge on any atom is -0.474 e. The number of nitrogens with one attached hydrogen (secondary N) is 2. The number of amides is 2. The molecule has 1 heterocycles. The minimum atomic E-state index is -1.35. The molecule has 0 radical (unpaired) electrons. The number of carboxylic acids is 1. The second kappa shape index (κ2) is 8.73. The number of urea groups is 1. The Bertz CT molecular complexity index is 974. The molecule has 144 valence electrons. The van der Waals surface area contributed by atoms with Crippen molar-refractivity contribution in [2.75, 3.05) is 5.32 Å². The number of halogens is 2. The fourth-order valence-corrected chi connectivity index (χ4v) is 2.64. The van der Waals surface area contributed by atoms with Crippen molar-refractivity contribution in [3.05, 3.63) is 75.9 Å². The Morgan fingerprint density at radius 3 is 2.21 bits per heavy atom. The van der Waals surface area contributed by atoms with Crippen molar-refractivity contribution in [2.24, 2.45) is 0 Å². The van der Waals surface area contributed by atoms with Crippen molar-refractivity contribution in [3.63, 3.8) is 0 Å². The van der Waals surface area contributed by atoms with Gasteiger partial charge in [0, 0.05) is 22.2 Å². The summed E-state index contributed by atoms with van der Waals surface area (Å²) in [6.45, 7) is 0. The number of benzene rings is 2. The van der Waals surface area contributed by atoms with Gasteiger partial charge in [0.25, 0.3) is 0 Å². The highest BCUT2D eigenvalue weighted by molar-refractivity contribution is 6.30. The van der Waals surface area contributed by atoms with Crippen LogP contribution in [0.15, 0.2) is 53.1 Å². The van der Waals surface area contributed by atoms with Crippen molar-refractivity contribution in [1.82, 2.24) is 15.5 Å². The van der Waals surface area contributed by atoms with Crippen LogP contribution in [0.4, 0.5) is 10.5 Å². The van der Waals surface area contributed by atoms with E-state index in [-0.39, 0.29) is 5.82 Å². The highest BCUT2D eigenvalue weighted by Crippen LogP contribution is 2.19. The van der Waals surface area contributed by atoms with Crippen LogP contribution in [0.2, 0.25) is 10.0 Å². The Morgan fingerprint density at radius 2 is 1.64 bits per heavy atom. The Balaban J connectivity index is 1.77. The van der Waals surface area contributed by atoms with Crippen LogP contribution in [0.25, 0.3) is 0 Å². The molecule has 0 aliphatic heterocycles. The quantitative estimate of drug-likeness (QED) is 0.550. The van der Waals surface area contributed by atoms with Crippen LogP contribution in [0.5, 0.6) is 0 Å². The third kappa shape index (κ3) is 5.21. The molecule has 2 amide bonds. The van der Waals surface area contributed by atoms with E-state index in [9.17, 15) is 9.59 Å². The molecule has 0 saturated carbocycles. The molecule has 0 saturated heterocycles. The first-order chi connectivity index (χ1) is 13.4. The second-order valence-corrected chi connectivity index (χ2v) is 6.62. The lowest BCUT2D eigenvalue weighted by atomic mass is 10.1. The van der Waals surface area contributed by atoms with Gasteiger partial charge in [-0.25, -0.2) is 9.59 Å². The first kappa shape index (κ1) is 19.7. The third-order valence-corrected chi connectivity index (χ3v) is 4.20. The molecule has 2 aromatic carbocycles. The van der Waals surface area contributed by atoms with Crippen LogP contribution >= 0.6 is 23.2 Å². The van der Waals surface area contributed by atoms with Crippen LogP contribution in [0.3, 0.4) is 0 Å². The van der Waals surface area contributed by atoms with Gasteiger partial charge in [-0.3, -0.25) is 0 Å². The summed E-state index contributed by atoms with van der Waals surface area (Å²) in [7, 11) is 0. The largest absolute Gasteiger partial charge is 0.474 e. The molecule has 3 N–H and O–H groups in total. The number of nitrogens with zero attached hydrogens (tertiary/aromatic N) is 2. The molecule has 1 atom stereocenters. The van der Waals surface area contributed by atoms with E-state index in [4.69, 9.17) is 32.8 Å². The molecule has 8 nitrogen and oxygen atoms in total. The van der Waals surface area contributed by atoms with Crippen molar-refractivity contribution in [1.29, 1.82) is 0 Å². The number of rotatable bonds is 6. The molecule has 3 aromatic rings.